The molecule has 0 saturated heterocycles. The van der Waals surface area contributed by atoms with Gasteiger partial charge in [-0.25, -0.2) is 4.98 Å². The Hall–Kier alpha value is -3.71. The van der Waals surface area contributed by atoms with Crippen LogP contribution in [0.15, 0.2) is 82.7 Å². The number of carbonyl (C=O) groups excluding carboxylic acids is 2. The molecule has 0 saturated carbocycles. The Morgan fingerprint density at radius 3 is 2.50 bits per heavy atom. The van der Waals surface area contributed by atoms with Crippen molar-refractivity contribution in [2.24, 2.45) is 0 Å². The van der Waals surface area contributed by atoms with Gasteiger partial charge in [0.25, 0.3) is 5.89 Å². The molecule has 0 unspecified atom stereocenters. The van der Waals surface area contributed by atoms with E-state index >= 15 is 0 Å². The van der Waals surface area contributed by atoms with Crippen LogP contribution in [0.1, 0.15) is 21.1 Å². The molecule has 0 atom stereocenters. The van der Waals surface area contributed by atoms with Gasteiger partial charge in [-0.3, -0.25) is 9.59 Å². The van der Waals surface area contributed by atoms with Gasteiger partial charge in [0.2, 0.25) is 5.91 Å². The highest BCUT2D eigenvalue weighted by Crippen LogP contribution is 2.20. The van der Waals surface area contributed by atoms with E-state index in [-0.39, 0.29) is 18.2 Å². The van der Waals surface area contributed by atoms with Gasteiger partial charge in [-0.05, 0) is 29.1 Å². The highest BCUT2D eigenvalue weighted by Gasteiger charge is 2.14. The number of oxazole rings is 1. The zero-order valence-corrected chi connectivity index (χ0v) is 16.8. The Morgan fingerprint density at radius 2 is 1.77 bits per heavy atom. The summed E-state index contributed by atoms with van der Waals surface area (Å²) in [5.41, 5.74) is 2.31. The van der Waals surface area contributed by atoms with E-state index in [1.165, 1.54) is 6.20 Å². The second kappa shape index (κ2) is 9.19. The Balaban J connectivity index is 1.31. The number of nitrogens with one attached hydrogen (secondary N) is 2. The molecular weight excluding hydrogens is 398 g/mol. The Labute approximate surface area is 177 Å². The highest BCUT2D eigenvalue weighted by atomic mass is 32.1. The van der Waals surface area contributed by atoms with E-state index in [0.29, 0.717) is 18.0 Å². The van der Waals surface area contributed by atoms with Gasteiger partial charge >= 0.3 is 5.91 Å². The van der Waals surface area contributed by atoms with E-state index in [4.69, 9.17) is 4.42 Å². The molecule has 30 heavy (non-hydrogen) atoms. The average Bonchev–Trinajstić information content (AvgIpc) is 3.47. The zero-order chi connectivity index (χ0) is 20.8. The van der Waals surface area contributed by atoms with Crippen LogP contribution in [0, 0.1) is 0 Å². The van der Waals surface area contributed by atoms with E-state index < -0.39 is 5.91 Å². The van der Waals surface area contributed by atoms with Crippen molar-refractivity contribution < 1.29 is 14.0 Å². The van der Waals surface area contributed by atoms with Gasteiger partial charge in [-0.15, -0.1) is 11.3 Å². The summed E-state index contributed by atoms with van der Waals surface area (Å²) in [5.74, 6) is 0.0441. The fourth-order valence-corrected chi connectivity index (χ4v) is 3.50. The van der Waals surface area contributed by atoms with Crippen LogP contribution in [-0.2, 0) is 17.8 Å². The molecular formula is C23H19N3O3S. The molecule has 0 bridgehead atoms. The maximum Gasteiger partial charge on any atom is 0.311 e. The number of amides is 2. The minimum atomic E-state index is -0.432. The second-order valence-electron chi connectivity index (χ2n) is 6.58. The maximum absolute atomic E-state index is 12.4. The predicted octanol–water partition coefficient (Wildman–Crippen LogP) is 4.51. The number of aromatic nitrogens is 1. The normalized spacial score (nSPS) is 10.5. The van der Waals surface area contributed by atoms with Crippen LogP contribution in [-0.4, -0.2) is 16.8 Å². The van der Waals surface area contributed by atoms with Gasteiger partial charge in [0.1, 0.15) is 0 Å². The number of carbonyl (C=O) groups is 2. The minimum absolute atomic E-state index is 0.00844. The van der Waals surface area contributed by atoms with Crippen LogP contribution in [0.3, 0.4) is 0 Å². The average molecular weight is 417 g/mol. The van der Waals surface area contributed by atoms with Crippen LogP contribution in [0.25, 0.3) is 11.3 Å². The molecule has 2 amide bonds. The van der Waals surface area contributed by atoms with Crippen LogP contribution < -0.4 is 10.6 Å². The molecule has 2 heterocycles. The molecule has 2 N–H and O–H groups in total. The Morgan fingerprint density at radius 1 is 0.967 bits per heavy atom. The number of hydrogen-bond acceptors (Lipinski definition) is 5. The highest BCUT2D eigenvalue weighted by molar-refractivity contribution is 7.09. The van der Waals surface area contributed by atoms with Crippen molar-refractivity contribution in [3.8, 4) is 11.3 Å². The maximum atomic E-state index is 12.4. The van der Waals surface area contributed by atoms with Gasteiger partial charge in [0, 0.05) is 16.1 Å². The van der Waals surface area contributed by atoms with Crippen LogP contribution in [0.2, 0.25) is 0 Å². The summed E-state index contributed by atoms with van der Waals surface area (Å²) in [5, 5.41) is 7.63. The van der Waals surface area contributed by atoms with E-state index in [1.54, 1.807) is 23.5 Å². The molecule has 150 valence electrons. The molecule has 4 aromatic rings. The molecule has 0 fully saturated rings. The summed E-state index contributed by atoms with van der Waals surface area (Å²) < 4.78 is 5.56. The van der Waals surface area contributed by atoms with Crippen molar-refractivity contribution in [1.29, 1.82) is 0 Å². The molecule has 0 radical (unpaired) electrons. The smallest absolute Gasteiger partial charge is 0.311 e. The largest absolute Gasteiger partial charge is 0.432 e. The zero-order valence-electron chi connectivity index (χ0n) is 16.0. The molecule has 0 aliphatic carbocycles. The second-order valence-corrected chi connectivity index (χ2v) is 7.61. The van der Waals surface area contributed by atoms with Crippen LogP contribution >= 0.6 is 11.3 Å². The first-order chi connectivity index (χ1) is 14.7. The standard InChI is InChI=1S/C23H19N3O3S/c27-21(24-14-19-7-4-12-30-19)13-16-8-10-18(11-9-16)26-22(28)23-25-15-20(29-23)17-5-2-1-3-6-17/h1-12,15H,13-14H2,(H,24,27)(H,26,28). The fraction of sp³-hybridized carbons (Fsp3) is 0.0870. The Bertz CT molecular complexity index is 1120. The lowest BCUT2D eigenvalue weighted by atomic mass is 10.1. The minimum Gasteiger partial charge on any atom is -0.432 e. The van der Waals surface area contributed by atoms with Gasteiger partial charge in [0.15, 0.2) is 5.76 Å². The molecule has 6 nitrogen and oxygen atoms in total. The number of anilines is 1. The van der Waals surface area contributed by atoms with Gasteiger partial charge in [-0.2, -0.15) is 0 Å². The first-order valence-corrected chi connectivity index (χ1v) is 10.3. The van der Waals surface area contributed by atoms with Crippen molar-refractivity contribution in [1.82, 2.24) is 10.3 Å². The Kier molecular flexibility index (Phi) is 6.01. The van der Waals surface area contributed by atoms with Crippen molar-refractivity contribution in [2.75, 3.05) is 5.32 Å². The van der Waals surface area contributed by atoms with Crippen LogP contribution in [0.5, 0.6) is 0 Å². The third-order valence-corrected chi connectivity index (χ3v) is 5.25. The number of nitrogens with zero attached hydrogens (tertiary/aromatic N) is 1. The third-order valence-electron chi connectivity index (χ3n) is 4.37. The lowest BCUT2D eigenvalue weighted by Crippen LogP contribution is -2.24. The quantitative estimate of drug-likeness (QED) is 0.463. The van der Waals surface area contributed by atoms with E-state index in [0.717, 1.165) is 16.0 Å². The summed E-state index contributed by atoms with van der Waals surface area (Å²) in [6.45, 7) is 0.533. The molecule has 2 aromatic heterocycles. The summed E-state index contributed by atoms with van der Waals surface area (Å²) in [6, 6.07) is 20.5. The number of thiophene rings is 1. The van der Waals surface area contributed by atoms with Crippen molar-refractivity contribution in [3.05, 3.63) is 94.6 Å². The molecule has 0 spiro atoms. The number of benzene rings is 2. The van der Waals surface area contributed by atoms with E-state index in [9.17, 15) is 9.59 Å². The number of hydrogen-bond donors (Lipinski definition) is 2. The lowest BCUT2D eigenvalue weighted by Gasteiger charge is -2.06. The van der Waals surface area contributed by atoms with Gasteiger partial charge < -0.3 is 15.1 Å². The van der Waals surface area contributed by atoms with Gasteiger partial charge in [-0.1, -0.05) is 48.5 Å². The molecule has 4 rings (SSSR count). The van der Waals surface area contributed by atoms with Crippen molar-refractivity contribution in [3.63, 3.8) is 0 Å². The molecule has 2 aromatic carbocycles. The van der Waals surface area contributed by atoms with E-state index in [2.05, 4.69) is 15.6 Å². The lowest BCUT2D eigenvalue weighted by molar-refractivity contribution is -0.120. The number of rotatable bonds is 7. The monoisotopic (exact) mass is 417 g/mol. The van der Waals surface area contributed by atoms with Crippen molar-refractivity contribution in [2.45, 2.75) is 13.0 Å². The summed E-state index contributed by atoms with van der Waals surface area (Å²) in [4.78, 5) is 29.6. The molecule has 0 aliphatic heterocycles. The molecule has 7 heteroatoms. The topological polar surface area (TPSA) is 84.2 Å². The van der Waals surface area contributed by atoms with Gasteiger partial charge in [0.05, 0.1) is 19.2 Å². The predicted molar refractivity (Wildman–Crippen MR) is 116 cm³/mol. The fourth-order valence-electron chi connectivity index (χ4n) is 2.85. The third kappa shape index (κ3) is 5.01. The molecule has 0 aliphatic rings. The SMILES string of the molecule is O=C(Cc1ccc(NC(=O)c2ncc(-c3ccccc3)o2)cc1)NCc1cccs1. The van der Waals surface area contributed by atoms with E-state index in [1.807, 2.05) is 60.0 Å². The summed E-state index contributed by atoms with van der Waals surface area (Å²) >= 11 is 1.61. The summed E-state index contributed by atoms with van der Waals surface area (Å²) in [6.07, 6.45) is 1.81. The summed E-state index contributed by atoms with van der Waals surface area (Å²) in [7, 11) is 0. The first kappa shape index (κ1) is 19.6. The van der Waals surface area contributed by atoms with Crippen LogP contribution in [0.4, 0.5) is 5.69 Å². The van der Waals surface area contributed by atoms with Crippen molar-refractivity contribution >= 4 is 28.8 Å². The first-order valence-electron chi connectivity index (χ1n) is 9.38.